The molecule has 0 aliphatic carbocycles. The maximum absolute atomic E-state index is 12.7. The Morgan fingerprint density at radius 1 is 0.914 bits per heavy atom. The van der Waals surface area contributed by atoms with Crippen molar-refractivity contribution in [2.45, 2.75) is 12.8 Å². The molecule has 4 rings (SSSR count). The third-order valence-electron chi connectivity index (χ3n) is 5.35. The Morgan fingerprint density at radius 3 is 2.40 bits per heavy atom. The number of phenols is 1. The number of amides is 2. The van der Waals surface area contributed by atoms with Gasteiger partial charge in [0, 0.05) is 41.0 Å². The van der Waals surface area contributed by atoms with Gasteiger partial charge in [-0.15, -0.1) is 0 Å². The number of benzene rings is 3. The molecule has 1 heterocycles. The molecular weight excluding hydrogens is 464 g/mol. The molecule has 7 nitrogen and oxygen atoms in total. The van der Waals surface area contributed by atoms with E-state index in [0.29, 0.717) is 30.1 Å². The van der Waals surface area contributed by atoms with E-state index in [0.717, 1.165) is 22.5 Å². The van der Waals surface area contributed by atoms with Crippen LogP contribution in [0.5, 0.6) is 5.75 Å². The van der Waals surface area contributed by atoms with Crippen LogP contribution in [0.15, 0.2) is 85.1 Å². The normalized spacial score (nSPS) is 10.7. The lowest BCUT2D eigenvalue weighted by molar-refractivity contribution is -0.120. The second-order valence-corrected chi connectivity index (χ2v) is 8.41. The minimum absolute atomic E-state index is 0.0402. The maximum atomic E-state index is 12.7. The number of rotatable bonds is 9. The summed E-state index contributed by atoms with van der Waals surface area (Å²) >= 11 is 6.04. The highest BCUT2D eigenvalue weighted by Gasteiger charge is 2.15. The van der Waals surface area contributed by atoms with E-state index < -0.39 is 0 Å². The second kappa shape index (κ2) is 11.4. The van der Waals surface area contributed by atoms with E-state index in [1.54, 1.807) is 28.9 Å². The van der Waals surface area contributed by atoms with E-state index in [9.17, 15) is 14.7 Å². The van der Waals surface area contributed by atoms with Crippen LogP contribution in [0.1, 0.15) is 22.3 Å². The quantitative estimate of drug-likeness (QED) is 0.305. The van der Waals surface area contributed by atoms with Crippen LogP contribution in [-0.4, -0.2) is 39.8 Å². The third-order valence-corrected chi connectivity index (χ3v) is 5.60. The number of aromatic nitrogens is 2. The molecule has 8 heteroatoms. The van der Waals surface area contributed by atoms with Crippen molar-refractivity contribution >= 4 is 23.4 Å². The lowest BCUT2D eigenvalue weighted by Crippen LogP contribution is -2.30. The highest BCUT2D eigenvalue weighted by atomic mass is 35.5. The summed E-state index contributed by atoms with van der Waals surface area (Å²) in [6.07, 6.45) is 2.61. The Bertz CT molecular complexity index is 1300. The van der Waals surface area contributed by atoms with Crippen molar-refractivity contribution in [2.24, 2.45) is 0 Å². The van der Waals surface area contributed by atoms with Crippen molar-refractivity contribution in [2.75, 3.05) is 13.1 Å². The van der Waals surface area contributed by atoms with Crippen LogP contribution in [0.4, 0.5) is 0 Å². The zero-order valence-corrected chi connectivity index (χ0v) is 19.7. The molecule has 0 saturated heterocycles. The fraction of sp³-hybridized carbons (Fsp3) is 0.148. The van der Waals surface area contributed by atoms with Gasteiger partial charge in [0.2, 0.25) is 5.91 Å². The first-order valence-corrected chi connectivity index (χ1v) is 11.6. The lowest BCUT2D eigenvalue weighted by atomic mass is 10.1. The molecule has 0 atom stereocenters. The van der Waals surface area contributed by atoms with Crippen LogP contribution in [0, 0.1) is 0 Å². The van der Waals surface area contributed by atoms with Gasteiger partial charge >= 0.3 is 0 Å². The Kier molecular flexibility index (Phi) is 7.80. The molecule has 0 spiro atoms. The van der Waals surface area contributed by atoms with Gasteiger partial charge in [0.1, 0.15) is 5.75 Å². The molecule has 0 radical (unpaired) electrons. The summed E-state index contributed by atoms with van der Waals surface area (Å²) in [6, 6.07) is 23.2. The molecule has 178 valence electrons. The van der Waals surface area contributed by atoms with Crippen molar-refractivity contribution in [3.8, 4) is 22.7 Å². The van der Waals surface area contributed by atoms with E-state index in [1.807, 2.05) is 48.7 Å². The SMILES string of the molecule is O=C(Cc1cn(-c2ccccc2)nc1-c1ccc(Cl)cc1)NCCCNC(=O)c1cccc(O)c1. The van der Waals surface area contributed by atoms with Crippen molar-refractivity contribution in [1.82, 2.24) is 20.4 Å². The number of nitrogens with zero attached hydrogens (tertiary/aromatic N) is 2. The number of phenolic OH excluding ortho intramolecular Hbond substituents is 1. The predicted octanol–water partition coefficient (Wildman–Crippen LogP) is 4.38. The first kappa shape index (κ1) is 24.0. The molecule has 0 aliphatic rings. The largest absolute Gasteiger partial charge is 0.508 e. The highest BCUT2D eigenvalue weighted by Crippen LogP contribution is 2.25. The third kappa shape index (κ3) is 6.49. The van der Waals surface area contributed by atoms with Crippen molar-refractivity contribution in [3.63, 3.8) is 0 Å². The zero-order chi connectivity index (χ0) is 24.6. The summed E-state index contributed by atoms with van der Waals surface area (Å²) in [6.45, 7) is 0.818. The molecular formula is C27H25ClN4O3. The monoisotopic (exact) mass is 488 g/mol. The van der Waals surface area contributed by atoms with E-state index >= 15 is 0 Å². The fourth-order valence-electron chi connectivity index (χ4n) is 3.61. The Balaban J connectivity index is 1.35. The fourth-order valence-corrected chi connectivity index (χ4v) is 3.73. The number of carbonyl (C=O) groups is 2. The first-order valence-electron chi connectivity index (χ1n) is 11.2. The Hall–Kier alpha value is -4.10. The number of para-hydroxylation sites is 1. The minimum Gasteiger partial charge on any atom is -0.508 e. The Labute approximate surface area is 208 Å². The van der Waals surface area contributed by atoms with Gasteiger partial charge in [0.25, 0.3) is 5.91 Å². The molecule has 0 aliphatic heterocycles. The smallest absolute Gasteiger partial charge is 0.251 e. The first-order chi connectivity index (χ1) is 17.0. The number of nitrogens with one attached hydrogen (secondary N) is 2. The average Bonchev–Trinajstić information content (AvgIpc) is 3.28. The topological polar surface area (TPSA) is 96.3 Å². The van der Waals surface area contributed by atoms with Gasteiger partial charge in [-0.25, -0.2) is 4.68 Å². The van der Waals surface area contributed by atoms with Crippen LogP contribution in [-0.2, 0) is 11.2 Å². The van der Waals surface area contributed by atoms with Gasteiger partial charge in [0.15, 0.2) is 0 Å². The molecule has 35 heavy (non-hydrogen) atoms. The summed E-state index contributed by atoms with van der Waals surface area (Å²) in [7, 11) is 0. The zero-order valence-electron chi connectivity index (χ0n) is 18.9. The summed E-state index contributed by atoms with van der Waals surface area (Å²) in [5, 5.41) is 20.5. The average molecular weight is 489 g/mol. The summed E-state index contributed by atoms with van der Waals surface area (Å²) < 4.78 is 1.77. The van der Waals surface area contributed by atoms with Crippen LogP contribution in [0.3, 0.4) is 0 Å². The van der Waals surface area contributed by atoms with E-state index in [2.05, 4.69) is 10.6 Å². The number of hydrogen-bond acceptors (Lipinski definition) is 4. The summed E-state index contributed by atoms with van der Waals surface area (Å²) in [4.78, 5) is 24.8. The van der Waals surface area contributed by atoms with Crippen molar-refractivity contribution < 1.29 is 14.7 Å². The molecule has 1 aromatic heterocycles. The summed E-state index contributed by atoms with van der Waals surface area (Å²) in [5.74, 6) is -0.362. The molecule has 4 aromatic rings. The number of carbonyl (C=O) groups excluding carboxylic acids is 2. The van der Waals surface area contributed by atoms with Gasteiger partial charge < -0.3 is 15.7 Å². The van der Waals surface area contributed by atoms with E-state index in [4.69, 9.17) is 16.7 Å². The Morgan fingerprint density at radius 2 is 1.66 bits per heavy atom. The van der Waals surface area contributed by atoms with E-state index in [1.165, 1.54) is 12.1 Å². The van der Waals surface area contributed by atoms with Gasteiger partial charge in [-0.2, -0.15) is 5.10 Å². The lowest BCUT2D eigenvalue weighted by Gasteiger charge is -2.07. The predicted molar refractivity (Wildman–Crippen MR) is 136 cm³/mol. The minimum atomic E-state index is -0.270. The summed E-state index contributed by atoms with van der Waals surface area (Å²) in [5.41, 5.74) is 3.68. The number of hydrogen-bond donors (Lipinski definition) is 3. The number of aromatic hydroxyl groups is 1. The molecule has 0 saturated carbocycles. The van der Waals surface area contributed by atoms with Crippen LogP contribution in [0.25, 0.3) is 16.9 Å². The molecule has 0 bridgehead atoms. The van der Waals surface area contributed by atoms with Gasteiger partial charge in [-0.1, -0.05) is 48.0 Å². The second-order valence-electron chi connectivity index (χ2n) is 7.98. The van der Waals surface area contributed by atoms with Gasteiger partial charge in [-0.05, 0) is 48.9 Å². The maximum Gasteiger partial charge on any atom is 0.251 e. The van der Waals surface area contributed by atoms with Crippen molar-refractivity contribution in [3.05, 3.63) is 101 Å². The molecule has 0 fully saturated rings. The van der Waals surface area contributed by atoms with Gasteiger partial charge in [-0.3, -0.25) is 9.59 Å². The highest BCUT2D eigenvalue weighted by molar-refractivity contribution is 6.30. The van der Waals surface area contributed by atoms with Crippen molar-refractivity contribution in [1.29, 1.82) is 0 Å². The van der Waals surface area contributed by atoms with Crippen LogP contribution < -0.4 is 10.6 Å². The van der Waals surface area contributed by atoms with Crippen LogP contribution >= 0.6 is 11.6 Å². The van der Waals surface area contributed by atoms with Crippen LogP contribution in [0.2, 0.25) is 5.02 Å². The molecule has 3 aromatic carbocycles. The standard InChI is InChI=1S/C27H25ClN4O3/c28-22-12-10-19(11-13-22)26-21(18-32(31-26)23-7-2-1-3-8-23)17-25(34)29-14-5-15-30-27(35)20-6-4-9-24(33)16-20/h1-4,6-13,16,18,33H,5,14-15,17H2,(H,29,34)(H,30,35). The molecule has 2 amide bonds. The molecule has 3 N–H and O–H groups in total. The number of halogens is 1. The van der Waals surface area contributed by atoms with Gasteiger partial charge in [0.05, 0.1) is 17.8 Å². The van der Waals surface area contributed by atoms with E-state index in [-0.39, 0.29) is 24.0 Å². The molecule has 0 unspecified atom stereocenters.